The van der Waals surface area contributed by atoms with E-state index in [1.54, 1.807) is 0 Å². The Morgan fingerprint density at radius 3 is 2.17 bits per heavy atom. The first-order chi connectivity index (χ1) is 8.32. The molecule has 3 N–H and O–H groups in total. The molecule has 1 aromatic carbocycles. The predicted octanol–water partition coefficient (Wildman–Crippen LogP) is 3.44. The largest absolute Gasteiger partial charge is 0.271 e. The standard InChI is InChI=1S/C16H28N2/c1-12-6-8-14(9-7-12)11-15(18-17)10-13(2)16(3,4)5/h6-9,13,15,18H,10-11,17H2,1-5H3. The van der Waals surface area contributed by atoms with Gasteiger partial charge >= 0.3 is 0 Å². The van der Waals surface area contributed by atoms with E-state index < -0.39 is 0 Å². The highest BCUT2D eigenvalue weighted by molar-refractivity contribution is 5.22. The Balaban J connectivity index is 2.59. The van der Waals surface area contributed by atoms with Gasteiger partial charge in [-0.1, -0.05) is 57.5 Å². The molecule has 0 aliphatic rings. The third-order valence-electron chi connectivity index (χ3n) is 3.95. The van der Waals surface area contributed by atoms with Crippen molar-refractivity contribution in [1.82, 2.24) is 5.43 Å². The van der Waals surface area contributed by atoms with Crippen LogP contribution in [0.25, 0.3) is 0 Å². The van der Waals surface area contributed by atoms with Crippen LogP contribution in [0.2, 0.25) is 0 Å². The molecule has 0 aliphatic heterocycles. The summed E-state index contributed by atoms with van der Waals surface area (Å²) in [4.78, 5) is 0. The molecular formula is C16H28N2. The molecule has 0 spiro atoms. The van der Waals surface area contributed by atoms with Crippen LogP contribution in [0.3, 0.4) is 0 Å². The van der Waals surface area contributed by atoms with Crippen LogP contribution in [0.4, 0.5) is 0 Å². The van der Waals surface area contributed by atoms with E-state index in [0.29, 0.717) is 17.4 Å². The van der Waals surface area contributed by atoms with Gasteiger partial charge in [-0.05, 0) is 36.7 Å². The highest BCUT2D eigenvalue weighted by atomic mass is 15.2. The summed E-state index contributed by atoms with van der Waals surface area (Å²) in [5.41, 5.74) is 5.96. The lowest BCUT2D eigenvalue weighted by Crippen LogP contribution is -2.39. The van der Waals surface area contributed by atoms with E-state index in [-0.39, 0.29) is 0 Å². The SMILES string of the molecule is Cc1ccc(CC(CC(C)C(C)(C)C)NN)cc1. The molecule has 2 atom stereocenters. The number of nitrogens with one attached hydrogen (secondary N) is 1. The molecule has 0 heterocycles. The number of hydrazine groups is 1. The summed E-state index contributed by atoms with van der Waals surface area (Å²) in [7, 11) is 0. The van der Waals surface area contributed by atoms with E-state index in [2.05, 4.69) is 64.3 Å². The van der Waals surface area contributed by atoms with Crippen molar-refractivity contribution in [3.63, 3.8) is 0 Å². The summed E-state index contributed by atoms with van der Waals surface area (Å²) in [5.74, 6) is 6.33. The van der Waals surface area contributed by atoms with Crippen LogP contribution in [0.5, 0.6) is 0 Å². The number of aryl methyl sites for hydroxylation is 1. The summed E-state index contributed by atoms with van der Waals surface area (Å²) in [6, 6.07) is 9.07. The average molecular weight is 248 g/mol. The van der Waals surface area contributed by atoms with E-state index >= 15 is 0 Å². The zero-order valence-electron chi connectivity index (χ0n) is 12.5. The molecule has 1 rings (SSSR count). The van der Waals surface area contributed by atoms with Crippen molar-refractivity contribution >= 4 is 0 Å². The molecule has 18 heavy (non-hydrogen) atoms. The maximum absolute atomic E-state index is 5.69. The van der Waals surface area contributed by atoms with Gasteiger partial charge in [-0.25, -0.2) is 0 Å². The van der Waals surface area contributed by atoms with Gasteiger partial charge in [-0.2, -0.15) is 0 Å². The normalized spacial score (nSPS) is 15.4. The Hall–Kier alpha value is -0.860. The minimum atomic E-state index is 0.336. The lowest BCUT2D eigenvalue weighted by Gasteiger charge is -2.30. The first kappa shape index (κ1) is 15.2. The lowest BCUT2D eigenvalue weighted by molar-refractivity contribution is 0.222. The van der Waals surface area contributed by atoms with Gasteiger partial charge in [0, 0.05) is 6.04 Å². The maximum atomic E-state index is 5.69. The third kappa shape index (κ3) is 4.79. The first-order valence-corrected chi connectivity index (χ1v) is 6.84. The lowest BCUT2D eigenvalue weighted by atomic mass is 9.78. The van der Waals surface area contributed by atoms with Crippen molar-refractivity contribution in [3.8, 4) is 0 Å². The van der Waals surface area contributed by atoms with Crippen molar-refractivity contribution in [2.24, 2.45) is 17.2 Å². The fourth-order valence-corrected chi connectivity index (χ4v) is 2.00. The van der Waals surface area contributed by atoms with Gasteiger partial charge in [0.15, 0.2) is 0 Å². The number of hydrogen-bond acceptors (Lipinski definition) is 2. The van der Waals surface area contributed by atoms with Crippen LogP contribution in [0.15, 0.2) is 24.3 Å². The van der Waals surface area contributed by atoms with Crippen LogP contribution < -0.4 is 11.3 Å². The van der Waals surface area contributed by atoms with Crippen LogP contribution >= 0.6 is 0 Å². The molecule has 2 nitrogen and oxygen atoms in total. The molecule has 2 unspecified atom stereocenters. The summed E-state index contributed by atoms with van der Waals surface area (Å²) in [6.07, 6.45) is 2.10. The van der Waals surface area contributed by atoms with E-state index in [0.717, 1.165) is 12.8 Å². The molecule has 0 aliphatic carbocycles. The summed E-state index contributed by atoms with van der Waals surface area (Å²) < 4.78 is 0. The second-order valence-electron chi connectivity index (χ2n) is 6.56. The van der Waals surface area contributed by atoms with E-state index in [9.17, 15) is 0 Å². The van der Waals surface area contributed by atoms with Crippen molar-refractivity contribution in [3.05, 3.63) is 35.4 Å². The maximum Gasteiger partial charge on any atom is 0.0253 e. The fourth-order valence-electron chi connectivity index (χ4n) is 2.00. The third-order valence-corrected chi connectivity index (χ3v) is 3.95. The number of hydrogen-bond donors (Lipinski definition) is 2. The van der Waals surface area contributed by atoms with Crippen LogP contribution in [0, 0.1) is 18.3 Å². The number of nitrogens with two attached hydrogens (primary N) is 1. The topological polar surface area (TPSA) is 38.0 Å². The van der Waals surface area contributed by atoms with Crippen LogP contribution in [-0.4, -0.2) is 6.04 Å². The molecule has 0 fully saturated rings. The molecule has 0 saturated carbocycles. The minimum Gasteiger partial charge on any atom is -0.271 e. The molecule has 102 valence electrons. The molecule has 2 heteroatoms. The minimum absolute atomic E-state index is 0.336. The number of benzene rings is 1. The Morgan fingerprint density at radius 1 is 1.17 bits per heavy atom. The van der Waals surface area contributed by atoms with Crippen LogP contribution in [-0.2, 0) is 6.42 Å². The fraction of sp³-hybridized carbons (Fsp3) is 0.625. The Morgan fingerprint density at radius 2 is 1.72 bits per heavy atom. The molecule has 1 aromatic rings. The molecule has 0 amide bonds. The molecule has 0 aromatic heterocycles. The Bertz CT molecular complexity index is 348. The average Bonchev–Trinajstić information content (AvgIpc) is 2.29. The molecule has 0 saturated heterocycles. The predicted molar refractivity (Wildman–Crippen MR) is 79.2 cm³/mol. The second-order valence-corrected chi connectivity index (χ2v) is 6.56. The summed E-state index contributed by atoms with van der Waals surface area (Å²) in [5, 5.41) is 0. The van der Waals surface area contributed by atoms with E-state index in [4.69, 9.17) is 5.84 Å². The smallest absolute Gasteiger partial charge is 0.0253 e. The van der Waals surface area contributed by atoms with Gasteiger partial charge in [0.25, 0.3) is 0 Å². The second kappa shape index (κ2) is 6.35. The van der Waals surface area contributed by atoms with Gasteiger partial charge < -0.3 is 0 Å². The first-order valence-electron chi connectivity index (χ1n) is 6.84. The van der Waals surface area contributed by atoms with Crippen molar-refractivity contribution in [1.29, 1.82) is 0 Å². The molecular weight excluding hydrogens is 220 g/mol. The van der Waals surface area contributed by atoms with Gasteiger partial charge in [-0.3, -0.25) is 11.3 Å². The highest BCUT2D eigenvalue weighted by Crippen LogP contribution is 2.29. The van der Waals surface area contributed by atoms with Gasteiger partial charge in [-0.15, -0.1) is 0 Å². The highest BCUT2D eigenvalue weighted by Gasteiger charge is 2.23. The summed E-state index contributed by atoms with van der Waals surface area (Å²) >= 11 is 0. The van der Waals surface area contributed by atoms with Crippen molar-refractivity contribution in [2.45, 2.75) is 53.5 Å². The van der Waals surface area contributed by atoms with E-state index in [1.165, 1.54) is 11.1 Å². The van der Waals surface area contributed by atoms with Crippen molar-refractivity contribution < 1.29 is 0 Å². The monoisotopic (exact) mass is 248 g/mol. The summed E-state index contributed by atoms with van der Waals surface area (Å²) in [6.45, 7) is 11.3. The van der Waals surface area contributed by atoms with E-state index in [1.807, 2.05) is 0 Å². The number of rotatable bonds is 5. The van der Waals surface area contributed by atoms with Crippen LogP contribution in [0.1, 0.15) is 45.2 Å². The molecule has 0 bridgehead atoms. The van der Waals surface area contributed by atoms with Gasteiger partial charge in [0.1, 0.15) is 0 Å². The Kier molecular flexibility index (Phi) is 5.36. The zero-order valence-corrected chi connectivity index (χ0v) is 12.5. The quantitative estimate of drug-likeness (QED) is 0.619. The Labute approximate surface area is 112 Å². The van der Waals surface area contributed by atoms with Gasteiger partial charge in [0.2, 0.25) is 0 Å². The zero-order chi connectivity index (χ0) is 13.8. The molecule has 0 radical (unpaired) electrons. The van der Waals surface area contributed by atoms with Crippen molar-refractivity contribution in [2.75, 3.05) is 0 Å². The van der Waals surface area contributed by atoms with Gasteiger partial charge in [0.05, 0.1) is 0 Å².